The van der Waals surface area contributed by atoms with Crippen LogP contribution in [0.15, 0.2) is 18.2 Å². The minimum atomic E-state index is -4.26. The van der Waals surface area contributed by atoms with Gasteiger partial charge in [-0.25, -0.2) is 4.79 Å². The lowest BCUT2D eigenvalue weighted by atomic mass is 10.2. The summed E-state index contributed by atoms with van der Waals surface area (Å²) in [5.74, 6) is -7.93. The van der Waals surface area contributed by atoms with Crippen molar-refractivity contribution in [1.82, 2.24) is 0 Å². The van der Waals surface area contributed by atoms with E-state index in [1.165, 1.54) is 13.0 Å². The molecule has 0 heterocycles. The van der Waals surface area contributed by atoms with E-state index in [0.29, 0.717) is 5.56 Å². The predicted molar refractivity (Wildman–Crippen MR) is 66.4 cm³/mol. The first kappa shape index (κ1) is 15.4. The van der Waals surface area contributed by atoms with Gasteiger partial charge >= 0.3 is 17.8 Å². The van der Waals surface area contributed by atoms with Gasteiger partial charge in [0.15, 0.2) is 0 Å². The van der Waals surface area contributed by atoms with Crippen molar-refractivity contribution in [3.05, 3.63) is 28.8 Å². The highest BCUT2D eigenvalue weighted by Crippen LogP contribution is 2.27. The topological polar surface area (TPSA) is 55.4 Å². The lowest BCUT2D eigenvalue weighted by Gasteiger charge is -2.16. The van der Waals surface area contributed by atoms with Gasteiger partial charge in [-0.2, -0.15) is 8.78 Å². The zero-order chi connectivity index (χ0) is 14.6. The average molecular weight is 292 g/mol. The Morgan fingerprint density at radius 3 is 2.58 bits per heavy atom. The monoisotopic (exact) mass is 291 g/mol. The molecule has 1 aromatic carbocycles. The zero-order valence-corrected chi connectivity index (χ0v) is 11.1. The second-order valence-corrected chi connectivity index (χ2v) is 4.09. The van der Waals surface area contributed by atoms with Crippen LogP contribution in [-0.2, 0) is 14.3 Å². The van der Waals surface area contributed by atoms with Crippen molar-refractivity contribution >= 4 is 29.2 Å². The van der Waals surface area contributed by atoms with Crippen LogP contribution >= 0.6 is 11.6 Å². The normalized spacial score (nSPS) is 11.0. The highest BCUT2D eigenvalue weighted by Gasteiger charge is 2.49. The van der Waals surface area contributed by atoms with Gasteiger partial charge in [0.05, 0.1) is 17.3 Å². The molecule has 0 fully saturated rings. The van der Waals surface area contributed by atoms with E-state index in [-0.39, 0.29) is 17.3 Å². The largest absolute Gasteiger partial charge is 0.461 e. The van der Waals surface area contributed by atoms with Crippen molar-refractivity contribution in [3.63, 3.8) is 0 Å². The average Bonchev–Trinajstić information content (AvgIpc) is 2.34. The fourth-order valence-corrected chi connectivity index (χ4v) is 1.57. The number of ether oxygens (including phenoxy) is 1. The van der Waals surface area contributed by atoms with E-state index in [0.717, 1.165) is 0 Å². The lowest BCUT2D eigenvalue weighted by Crippen LogP contribution is -2.43. The second kappa shape index (κ2) is 5.97. The number of anilines is 1. The zero-order valence-electron chi connectivity index (χ0n) is 10.3. The van der Waals surface area contributed by atoms with Gasteiger partial charge < -0.3 is 10.1 Å². The smallest absolute Gasteiger partial charge is 0.419 e. The molecule has 19 heavy (non-hydrogen) atoms. The summed E-state index contributed by atoms with van der Waals surface area (Å²) in [6.45, 7) is 2.71. The van der Waals surface area contributed by atoms with Crippen molar-refractivity contribution < 1.29 is 23.1 Å². The van der Waals surface area contributed by atoms with Crippen molar-refractivity contribution in [2.24, 2.45) is 0 Å². The maximum Gasteiger partial charge on any atom is 0.419 e. The summed E-state index contributed by atoms with van der Waals surface area (Å²) >= 11 is 5.79. The number of amides is 1. The first-order chi connectivity index (χ1) is 8.80. The number of alkyl halides is 2. The molecule has 7 heteroatoms. The Labute approximate surface area is 113 Å². The molecule has 0 spiro atoms. The molecule has 1 amide bonds. The second-order valence-electron chi connectivity index (χ2n) is 3.68. The maximum absolute atomic E-state index is 13.4. The quantitative estimate of drug-likeness (QED) is 0.685. The highest BCUT2D eigenvalue weighted by atomic mass is 35.5. The number of rotatable bonds is 4. The fourth-order valence-electron chi connectivity index (χ4n) is 1.30. The molecule has 104 valence electrons. The molecule has 0 aliphatic rings. The Hall–Kier alpha value is -1.69. The molecule has 0 aromatic heterocycles. The molecule has 1 rings (SSSR count). The van der Waals surface area contributed by atoms with Gasteiger partial charge in [-0.3, -0.25) is 4.79 Å². The van der Waals surface area contributed by atoms with Crippen LogP contribution in [0.2, 0.25) is 5.02 Å². The van der Waals surface area contributed by atoms with Crippen LogP contribution in [0.3, 0.4) is 0 Å². The van der Waals surface area contributed by atoms with E-state index >= 15 is 0 Å². The molecule has 0 aliphatic heterocycles. The molecule has 0 unspecified atom stereocenters. The van der Waals surface area contributed by atoms with Crippen molar-refractivity contribution in [2.45, 2.75) is 19.8 Å². The molecule has 0 radical (unpaired) electrons. The maximum atomic E-state index is 13.4. The van der Waals surface area contributed by atoms with E-state index in [9.17, 15) is 18.4 Å². The molecular weight excluding hydrogens is 280 g/mol. The molecule has 1 N–H and O–H groups in total. The molecular formula is C12H12ClF2NO3. The number of hydrogen-bond acceptors (Lipinski definition) is 3. The van der Waals surface area contributed by atoms with E-state index in [1.54, 1.807) is 19.1 Å². The molecule has 0 saturated carbocycles. The van der Waals surface area contributed by atoms with Gasteiger partial charge in [-0.1, -0.05) is 23.7 Å². The summed E-state index contributed by atoms with van der Waals surface area (Å²) in [5, 5.41) is 2.04. The van der Waals surface area contributed by atoms with E-state index < -0.39 is 17.8 Å². The van der Waals surface area contributed by atoms with Crippen LogP contribution in [0, 0.1) is 6.92 Å². The fraction of sp³-hybridized carbons (Fsp3) is 0.333. The number of nitrogens with one attached hydrogen (secondary N) is 1. The predicted octanol–water partition coefficient (Wildman–Crippen LogP) is 2.79. The third kappa shape index (κ3) is 3.41. The number of carbonyl (C=O) groups excluding carboxylic acids is 2. The van der Waals surface area contributed by atoms with Crippen molar-refractivity contribution in [2.75, 3.05) is 11.9 Å². The van der Waals surface area contributed by atoms with Gasteiger partial charge in [-0.05, 0) is 25.5 Å². The van der Waals surface area contributed by atoms with Crippen molar-refractivity contribution in [3.8, 4) is 0 Å². The first-order valence-corrected chi connectivity index (χ1v) is 5.80. The lowest BCUT2D eigenvalue weighted by molar-refractivity contribution is -0.175. The molecule has 0 aliphatic carbocycles. The molecule has 0 atom stereocenters. The van der Waals surface area contributed by atoms with Gasteiger partial charge in [0.25, 0.3) is 0 Å². The minimum absolute atomic E-state index is 0.0399. The third-order valence-electron chi connectivity index (χ3n) is 2.28. The standard InChI is InChI=1S/C12H12ClF2NO3/c1-3-19-11(18)12(14,15)10(17)16-9-7(2)5-4-6-8(9)13/h4-6H,3H2,1-2H3,(H,16,17). The summed E-state index contributed by atoms with van der Waals surface area (Å²) < 4.78 is 31.0. The minimum Gasteiger partial charge on any atom is -0.461 e. The van der Waals surface area contributed by atoms with E-state index in [2.05, 4.69) is 4.74 Å². The number of benzene rings is 1. The molecule has 0 saturated heterocycles. The Bertz CT molecular complexity index is 485. The molecule has 1 aromatic rings. The number of carbonyl (C=O) groups is 2. The summed E-state index contributed by atoms with van der Waals surface area (Å²) in [6.07, 6.45) is 0. The van der Waals surface area contributed by atoms with Gasteiger partial charge in [-0.15, -0.1) is 0 Å². The molecule has 4 nitrogen and oxygen atoms in total. The number of halogens is 3. The Kier molecular flexibility index (Phi) is 4.83. The van der Waals surface area contributed by atoms with Crippen LogP contribution in [0.4, 0.5) is 14.5 Å². The number of esters is 1. The first-order valence-electron chi connectivity index (χ1n) is 5.42. The summed E-state index contributed by atoms with van der Waals surface area (Å²) in [4.78, 5) is 22.4. The van der Waals surface area contributed by atoms with Crippen LogP contribution in [0.1, 0.15) is 12.5 Å². The van der Waals surface area contributed by atoms with Crippen LogP contribution in [-0.4, -0.2) is 24.4 Å². The Morgan fingerprint density at radius 2 is 2.05 bits per heavy atom. The summed E-state index contributed by atoms with van der Waals surface area (Å²) in [5.41, 5.74) is 0.540. The van der Waals surface area contributed by atoms with Crippen LogP contribution in [0.25, 0.3) is 0 Å². The summed E-state index contributed by atoms with van der Waals surface area (Å²) in [7, 11) is 0. The Balaban J connectivity index is 2.93. The Morgan fingerprint density at radius 1 is 1.42 bits per heavy atom. The number of aryl methyl sites for hydroxylation is 1. The van der Waals surface area contributed by atoms with Crippen molar-refractivity contribution in [1.29, 1.82) is 0 Å². The van der Waals surface area contributed by atoms with Crippen LogP contribution < -0.4 is 5.32 Å². The highest BCUT2D eigenvalue weighted by molar-refractivity contribution is 6.34. The number of para-hydroxylation sites is 1. The summed E-state index contributed by atoms with van der Waals surface area (Å²) in [6, 6.07) is 4.63. The molecule has 0 bridgehead atoms. The SMILES string of the molecule is CCOC(=O)C(F)(F)C(=O)Nc1c(C)cccc1Cl. The van der Waals surface area contributed by atoms with E-state index in [1.807, 2.05) is 5.32 Å². The van der Waals surface area contributed by atoms with E-state index in [4.69, 9.17) is 11.6 Å². The van der Waals surface area contributed by atoms with Gasteiger partial charge in [0.2, 0.25) is 0 Å². The van der Waals surface area contributed by atoms with Gasteiger partial charge in [0, 0.05) is 0 Å². The van der Waals surface area contributed by atoms with Crippen LogP contribution in [0.5, 0.6) is 0 Å². The number of hydrogen-bond donors (Lipinski definition) is 1. The van der Waals surface area contributed by atoms with Gasteiger partial charge in [0.1, 0.15) is 0 Å². The third-order valence-corrected chi connectivity index (χ3v) is 2.59.